The number of carbonyl (C=O) groups excluding carboxylic acids is 1. The summed E-state index contributed by atoms with van der Waals surface area (Å²) in [6, 6.07) is 7.03. The Bertz CT molecular complexity index is 358. The van der Waals surface area contributed by atoms with E-state index in [4.69, 9.17) is 9.47 Å². The number of hydrogen-bond acceptors (Lipinski definition) is 3. The Balaban J connectivity index is 2.76. The predicted octanol–water partition coefficient (Wildman–Crippen LogP) is 2.82. The average molecular weight is 220 g/mol. The number of para-hydroxylation sites is 1. The number of hydrogen-bond donors (Lipinski definition) is 0. The van der Waals surface area contributed by atoms with E-state index >= 15 is 0 Å². The Hall–Kier alpha value is -1.77. The van der Waals surface area contributed by atoms with Gasteiger partial charge in [0.1, 0.15) is 17.9 Å². The molecule has 0 unspecified atom stereocenters. The first-order valence-corrected chi connectivity index (χ1v) is 5.29. The third-order valence-electron chi connectivity index (χ3n) is 1.90. The van der Waals surface area contributed by atoms with E-state index in [0.717, 1.165) is 6.42 Å². The van der Waals surface area contributed by atoms with Crippen molar-refractivity contribution in [3.8, 4) is 5.75 Å². The van der Waals surface area contributed by atoms with Crippen LogP contribution in [0.25, 0.3) is 0 Å². The first-order valence-electron chi connectivity index (χ1n) is 5.29. The molecule has 16 heavy (non-hydrogen) atoms. The van der Waals surface area contributed by atoms with E-state index in [1.165, 1.54) is 0 Å². The molecule has 0 radical (unpaired) electrons. The Morgan fingerprint density at radius 2 is 2.19 bits per heavy atom. The van der Waals surface area contributed by atoms with Crippen molar-refractivity contribution < 1.29 is 14.3 Å². The highest BCUT2D eigenvalue weighted by molar-refractivity contribution is 5.92. The van der Waals surface area contributed by atoms with Crippen LogP contribution in [0.4, 0.5) is 0 Å². The van der Waals surface area contributed by atoms with Gasteiger partial charge >= 0.3 is 5.97 Å². The van der Waals surface area contributed by atoms with Gasteiger partial charge in [-0.1, -0.05) is 31.7 Å². The summed E-state index contributed by atoms with van der Waals surface area (Å²) in [6.07, 6.45) is 2.44. The quantitative estimate of drug-likeness (QED) is 0.546. The van der Waals surface area contributed by atoms with Gasteiger partial charge in [0.2, 0.25) is 0 Å². The van der Waals surface area contributed by atoms with E-state index in [-0.39, 0.29) is 5.97 Å². The lowest BCUT2D eigenvalue weighted by Crippen LogP contribution is -2.08. The van der Waals surface area contributed by atoms with Crippen molar-refractivity contribution in [3.05, 3.63) is 42.5 Å². The molecule has 3 nitrogen and oxygen atoms in total. The molecule has 0 N–H and O–H groups in total. The highest BCUT2D eigenvalue weighted by atomic mass is 16.5. The van der Waals surface area contributed by atoms with Crippen LogP contribution in [0.2, 0.25) is 0 Å². The molecule has 0 spiro atoms. The molecule has 0 atom stereocenters. The minimum Gasteiger partial charge on any atom is -0.489 e. The number of rotatable bonds is 6. The number of benzene rings is 1. The summed E-state index contributed by atoms with van der Waals surface area (Å²) < 4.78 is 10.4. The van der Waals surface area contributed by atoms with Crippen LogP contribution in [0.5, 0.6) is 5.75 Å². The smallest absolute Gasteiger partial charge is 0.341 e. The molecule has 1 aromatic rings. The Kier molecular flexibility index (Phi) is 5.12. The second-order valence-corrected chi connectivity index (χ2v) is 3.23. The zero-order valence-electron chi connectivity index (χ0n) is 9.44. The van der Waals surface area contributed by atoms with Crippen molar-refractivity contribution in [2.45, 2.75) is 13.3 Å². The summed E-state index contributed by atoms with van der Waals surface area (Å²) in [5.41, 5.74) is 0.456. The maximum atomic E-state index is 11.7. The third-order valence-corrected chi connectivity index (χ3v) is 1.90. The van der Waals surface area contributed by atoms with Gasteiger partial charge in [-0.2, -0.15) is 0 Å². The molecule has 0 heterocycles. The van der Waals surface area contributed by atoms with Crippen LogP contribution in [0.1, 0.15) is 23.7 Å². The van der Waals surface area contributed by atoms with Crippen molar-refractivity contribution in [2.75, 3.05) is 13.2 Å². The van der Waals surface area contributed by atoms with Crippen LogP contribution in [0.15, 0.2) is 36.9 Å². The third kappa shape index (κ3) is 3.42. The zero-order chi connectivity index (χ0) is 11.8. The van der Waals surface area contributed by atoms with Gasteiger partial charge in [0.15, 0.2) is 0 Å². The van der Waals surface area contributed by atoms with Crippen LogP contribution in [-0.4, -0.2) is 19.2 Å². The van der Waals surface area contributed by atoms with E-state index in [0.29, 0.717) is 24.5 Å². The lowest BCUT2D eigenvalue weighted by Gasteiger charge is -2.09. The Morgan fingerprint density at radius 3 is 2.88 bits per heavy atom. The Labute approximate surface area is 95.7 Å². The molecule has 0 aromatic heterocycles. The highest BCUT2D eigenvalue weighted by Gasteiger charge is 2.12. The van der Waals surface area contributed by atoms with Crippen LogP contribution >= 0.6 is 0 Å². The lowest BCUT2D eigenvalue weighted by molar-refractivity contribution is 0.0501. The normalized spacial score (nSPS) is 9.56. The molecule has 0 aliphatic rings. The first-order chi connectivity index (χ1) is 7.79. The number of esters is 1. The standard InChI is InChI=1S/C13H16O3/c1-3-9-15-12-8-6-5-7-11(12)13(14)16-10-4-2/h3,5-8H,1,4,9-10H2,2H3. The number of ether oxygens (including phenoxy) is 2. The van der Waals surface area contributed by atoms with Gasteiger partial charge in [0, 0.05) is 0 Å². The van der Waals surface area contributed by atoms with Crippen molar-refractivity contribution in [1.29, 1.82) is 0 Å². The molecule has 0 bridgehead atoms. The zero-order valence-corrected chi connectivity index (χ0v) is 9.44. The van der Waals surface area contributed by atoms with E-state index in [1.807, 2.05) is 13.0 Å². The first kappa shape index (κ1) is 12.3. The SMILES string of the molecule is C=CCOc1ccccc1C(=O)OCCC. The topological polar surface area (TPSA) is 35.5 Å². The van der Waals surface area contributed by atoms with Gasteiger partial charge < -0.3 is 9.47 Å². The van der Waals surface area contributed by atoms with Crippen LogP contribution < -0.4 is 4.74 Å². The van der Waals surface area contributed by atoms with E-state index in [2.05, 4.69) is 6.58 Å². The molecule has 1 rings (SSSR count). The maximum absolute atomic E-state index is 11.7. The van der Waals surface area contributed by atoms with Crippen LogP contribution in [0, 0.1) is 0 Å². The van der Waals surface area contributed by atoms with Crippen LogP contribution in [-0.2, 0) is 4.74 Å². The summed E-state index contributed by atoms with van der Waals surface area (Å²) in [4.78, 5) is 11.7. The fraction of sp³-hybridized carbons (Fsp3) is 0.308. The summed E-state index contributed by atoms with van der Waals surface area (Å²) >= 11 is 0. The second kappa shape index (κ2) is 6.67. The fourth-order valence-electron chi connectivity index (χ4n) is 1.18. The predicted molar refractivity (Wildman–Crippen MR) is 62.7 cm³/mol. The molecular formula is C13H16O3. The molecule has 0 fully saturated rings. The average Bonchev–Trinajstić information content (AvgIpc) is 2.33. The van der Waals surface area contributed by atoms with Crippen molar-refractivity contribution in [1.82, 2.24) is 0 Å². The largest absolute Gasteiger partial charge is 0.489 e. The second-order valence-electron chi connectivity index (χ2n) is 3.23. The van der Waals surface area contributed by atoms with Gasteiger partial charge in [-0.15, -0.1) is 0 Å². The van der Waals surface area contributed by atoms with Gasteiger partial charge in [0.25, 0.3) is 0 Å². The molecule has 3 heteroatoms. The van der Waals surface area contributed by atoms with Gasteiger partial charge in [-0.05, 0) is 18.6 Å². The minimum atomic E-state index is -0.346. The molecule has 0 amide bonds. The van der Waals surface area contributed by atoms with E-state index in [9.17, 15) is 4.79 Å². The molecule has 0 aliphatic heterocycles. The molecule has 0 saturated carbocycles. The van der Waals surface area contributed by atoms with Gasteiger partial charge in [-0.25, -0.2) is 4.79 Å². The molecule has 1 aromatic carbocycles. The molecule has 86 valence electrons. The Morgan fingerprint density at radius 1 is 1.44 bits per heavy atom. The summed E-state index contributed by atoms with van der Waals surface area (Å²) in [5.74, 6) is 0.185. The van der Waals surface area contributed by atoms with E-state index in [1.54, 1.807) is 24.3 Å². The lowest BCUT2D eigenvalue weighted by atomic mass is 10.2. The highest BCUT2D eigenvalue weighted by Crippen LogP contribution is 2.18. The van der Waals surface area contributed by atoms with Crippen molar-refractivity contribution in [3.63, 3.8) is 0 Å². The molecular weight excluding hydrogens is 204 g/mol. The van der Waals surface area contributed by atoms with Crippen molar-refractivity contribution in [2.24, 2.45) is 0 Å². The summed E-state index contributed by atoms with van der Waals surface area (Å²) in [5, 5.41) is 0. The summed E-state index contributed by atoms with van der Waals surface area (Å²) in [6.45, 7) is 6.31. The van der Waals surface area contributed by atoms with E-state index < -0.39 is 0 Å². The fourth-order valence-corrected chi connectivity index (χ4v) is 1.18. The molecule has 0 saturated heterocycles. The van der Waals surface area contributed by atoms with Gasteiger partial charge in [0.05, 0.1) is 6.61 Å². The summed E-state index contributed by atoms with van der Waals surface area (Å²) in [7, 11) is 0. The monoisotopic (exact) mass is 220 g/mol. The van der Waals surface area contributed by atoms with Crippen LogP contribution in [0.3, 0.4) is 0 Å². The molecule has 0 aliphatic carbocycles. The van der Waals surface area contributed by atoms with Gasteiger partial charge in [-0.3, -0.25) is 0 Å². The maximum Gasteiger partial charge on any atom is 0.341 e. The minimum absolute atomic E-state index is 0.346. The van der Waals surface area contributed by atoms with Crippen molar-refractivity contribution >= 4 is 5.97 Å². The number of carbonyl (C=O) groups is 1.